The van der Waals surface area contributed by atoms with Crippen molar-refractivity contribution in [3.05, 3.63) is 35.2 Å². The average Bonchev–Trinajstić information content (AvgIpc) is 3.04. The summed E-state index contributed by atoms with van der Waals surface area (Å²) >= 11 is 1.56. The molecule has 1 aliphatic rings. The number of amides is 1. The van der Waals surface area contributed by atoms with Crippen LogP contribution in [0.25, 0.3) is 10.1 Å². The molecule has 18 heavy (non-hydrogen) atoms. The van der Waals surface area contributed by atoms with E-state index in [-0.39, 0.29) is 5.91 Å². The van der Waals surface area contributed by atoms with Crippen molar-refractivity contribution in [1.82, 2.24) is 10.6 Å². The van der Waals surface area contributed by atoms with Crippen LogP contribution in [0.3, 0.4) is 0 Å². The molecule has 4 heteroatoms. The molecule has 0 saturated carbocycles. The van der Waals surface area contributed by atoms with Gasteiger partial charge in [-0.3, -0.25) is 4.79 Å². The van der Waals surface area contributed by atoms with Gasteiger partial charge in [-0.1, -0.05) is 18.2 Å². The Labute approximate surface area is 110 Å². The Kier molecular flexibility index (Phi) is 3.30. The second-order valence-corrected chi connectivity index (χ2v) is 5.74. The van der Waals surface area contributed by atoms with Crippen LogP contribution in [0, 0.1) is 0 Å². The number of nitrogens with one attached hydrogen (secondary N) is 2. The van der Waals surface area contributed by atoms with E-state index in [2.05, 4.69) is 16.7 Å². The van der Waals surface area contributed by atoms with Crippen LogP contribution in [0.2, 0.25) is 0 Å². The summed E-state index contributed by atoms with van der Waals surface area (Å²) in [4.78, 5) is 12.8. The third kappa shape index (κ3) is 2.40. The van der Waals surface area contributed by atoms with Crippen LogP contribution in [0.5, 0.6) is 0 Å². The van der Waals surface area contributed by atoms with Gasteiger partial charge in [0.1, 0.15) is 0 Å². The fraction of sp³-hybridized carbons (Fsp3) is 0.357. The lowest BCUT2D eigenvalue weighted by atomic mass is 10.2. The van der Waals surface area contributed by atoms with Crippen molar-refractivity contribution in [3.63, 3.8) is 0 Å². The molecule has 2 N–H and O–H groups in total. The maximum Gasteiger partial charge on any atom is 0.261 e. The molecule has 1 saturated heterocycles. The van der Waals surface area contributed by atoms with E-state index in [9.17, 15) is 4.79 Å². The number of hydrogen-bond donors (Lipinski definition) is 2. The normalized spacial score (nSPS) is 19.2. The topological polar surface area (TPSA) is 41.1 Å². The second kappa shape index (κ2) is 5.08. The minimum atomic E-state index is 0.0462. The highest BCUT2D eigenvalue weighted by atomic mass is 32.1. The van der Waals surface area contributed by atoms with Crippen molar-refractivity contribution in [2.45, 2.75) is 18.9 Å². The number of benzene rings is 1. The van der Waals surface area contributed by atoms with E-state index in [0.29, 0.717) is 6.04 Å². The standard InChI is InChI=1S/C14H16N2OS/c17-14(16-9-11-5-3-7-15-11)13-8-10-4-1-2-6-12(10)18-13/h1-2,4,6,8,11,15H,3,5,7,9H2,(H,16,17). The molecule has 0 spiro atoms. The van der Waals surface area contributed by atoms with E-state index in [1.54, 1.807) is 11.3 Å². The Morgan fingerprint density at radius 1 is 1.44 bits per heavy atom. The Morgan fingerprint density at radius 3 is 3.11 bits per heavy atom. The Bertz CT molecular complexity index is 525. The third-order valence-electron chi connectivity index (χ3n) is 3.32. The molecule has 3 rings (SSSR count). The third-order valence-corrected chi connectivity index (χ3v) is 4.44. The molecule has 2 aromatic rings. The average molecular weight is 260 g/mol. The van der Waals surface area contributed by atoms with Crippen LogP contribution >= 0.6 is 11.3 Å². The molecule has 1 atom stereocenters. The number of carbonyl (C=O) groups excluding carboxylic acids is 1. The molecule has 1 aromatic carbocycles. The molecule has 1 amide bonds. The Morgan fingerprint density at radius 2 is 2.33 bits per heavy atom. The molecule has 1 fully saturated rings. The largest absolute Gasteiger partial charge is 0.350 e. The van der Waals surface area contributed by atoms with Crippen LogP contribution in [-0.4, -0.2) is 25.0 Å². The quantitative estimate of drug-likeness (QED) is 0.889. The lowest BCUT2D eigenvalue weighted by Crippen LogP contribution is -2.36. The van der Waals surface area contributed by atoms with Gasteiger partial charge in [0, 0.05) is 17.3 Å². The lowest BCUT2D eigenvalue weighted by Gasteiger charge is -2.10. The van der Waals surface area contributed by atoms with Gasteiger partial charge in [0.25, 0.3) is 5.91 Å². The van der Waals surface area contributed by atoms with Crippen molar-refractivity contribution >= 4 is 27.3 Å². The number of hydrogen-bond acceptors (Lipinski definition) is 3. The van der Waals surface area contributed by atoms with Gasteiger partial charge in [-0.05, 0) is 36.9 Å². The zero-order valence-electron chi connectivity index (χ0n) is 10.1. The van der Waals surface area contributed by atoms with Crippen molar-refractivity contribution in [2.75, 3.05) is 13.1 Å². The summed E-state index contributed by atoms with van der Waals surface area (Å²) in [7, 11) is 0. The molecule has 3 nitrogen and oxygen atoms in total. The lowest BCUT2D eigenvalue weighted by molar-refractivity contribution is 0.0954. The highest BCUT2D eigenvalue weighted by Crippen LogP contribution is 2.25. The van der Waals surface area contributed by atoms with Gasteiger partial charge in [-0.2, -0.15) is 0 Å². The number of carbonyl (C=O) groups is 1. The molecule has 2 heterocycles. The summed E-state index contributed by atoms with van der Waals surface area (Å²) in [6, 6.07) is 10.5. The zero-order chi connectivity index (χ0) is 12.4. The van der Waals surface area contributed by atoms with Crippen LogP contribution < -0.4 is 10.6 Å². The van der Waals surface area contributed by atoms with Gasteiger partial charge < -0.3 is 10.6 Å². The van der Waals surface area contributed by atoms with Crippen LogP contribution in [0.1, 0.15) is 22.5 Å². The first-order valence-corrected chi connectivity index (χ1v) is 7.15. The minimum Gasteiger partial charge on any atom is -0.350 e. The highest BCUT2D eigenvalue weighted by Gasteiger charge is 2.16. The molecule has 94 valence electrons. The van der Waals surface area contributed by atoms with E-state index in [1.165, 1.54) is 11.1 Å². The number of rotatable bonds is 3. The zero-order valence-corrected chi connectivity index (χ0v) is 10.9. The van der Waals surface area contributed by atoms with Gasteiger partial charge in [0.15, 0.2) is 0 Å². The van der Waals surface area contributed by atoms with E-state index < -0.39 is 0 Å². The molecule has 1 aromatic heterocycles. The van der Waals surface area contributed by atoms with Gasteiger partial charge in [0.2, 0.25) is 0 Å². The fourth-order valence-electron chi connectivity index (χ4n) is 2.33. The Balaban J connectivity index is 1.67. The summed E-state index contributed by atoms with van der Waals surface area (Å²) < 4.78 is 1.17. The van der Waals surface area contributed by atoms with E-state index in [0.717, 1.165) is 29.8 Å². The SMILES string of the molecule is O=C(NCC1CCCN1)c1cc2ccccc2s1. The maximum atomic E-state index is 12.0. The van der Waals surface area contributed by atoms with Crippen molar-refractivity contribution in [3.8, 4) is 0 Å². The van der Waals surface area contributed by atoms with Crippen LogP contribution in [0.15, 0.2) is 30.3 Å². The summed E-state index contributed by atoms with van der Waals surface area (Å²) in [6.45, 7) is 1.80. The molecule has 0 aliphatic carbocycles. The highest BCUT2D eigenvalue weighted by molar-refractivity contribution is 7.20. The van der Waals surface area contributed by atoms with Gasteiger partial charge in [-0.25, -0.2) is 0 Å². The van der Waals surface area contributed by atoms with Gasteiger partial charge >= 0.3 is 0 Å². The summed E-state index contributed by atoms with van der Waals surface area (Å²) in [5, 5.41) is 7.53. The molecular formula is C14H16N2OS. The molecule has 0 radical (unpaired) electrons. The van der Waals surface area contributed by atoms with E-state index in [4.69, 9.17) is 0 Å². The minimum absolute atomic E-state index is 0.0462. The van der Waals surface area contributed by atoms with Gasteiger partial charge in [-0.15, -0.1) is 11.3 Å². The first-order valence-electron chi connectivity index (χ1n) is 6.33. The molecular weight excluding hydrogens is 244 g/mol. The molecule has 1 unspecified atom stereocenters. The molecule has 0 bridgehead atoms. The van der Waals surface area contributed by atoms with E-state index >= 15 is 0 Å². The predicted octanol–water partition coefficient (Wildman–Crippen LogP) is 2.38. The summed E-state index contributed by atoms with van der Waals surface area (Å²) in [5.74, 6) is 0.0462. The van der Waals surface area contributed by atoms with Crippen molar-refractivity contribution < 1.29 is 4.79 Å². The fourth-order valence-corrected chi connectivity index (χ4v) is 3.31. The smallest absolute Gasteiger partial charge is 0.261 e. The van der Waals surface area contributed by atoms with Crippen LogP contribution in [-0.2, 0) is 0 Å². The summed E-state index contributed by atoms with van der Waals surface area (Å²) in [5.41, 5.74) is 0. The number of fused-ring (bicyclic) bond motifs is 1. The van der Waals surface area contributed by atoms with Crippen molar-refractivity contribution in [1.29, 1.82) is 0 Å². The molecule has 1 aliphatic heterocycles. The monoisotopic (exact) mass is 260 g/mol. The first kappa shape index (κ1) is 11.7. The van der Waals surface area contributed by atoms with E-state index in [1.807, 2.05) is 24.3 Å². The second-order valence-electron chi connectivity index (χ2n) is 4.65. The number of thiophene rings is 1. The predicted molar refractivity (Wildman–Crippen MR) is 75.2 cm³/mol. The van der Waals surface area contributed by atoms with Crippen LogP contribution in [0.4, 0.5) is 0 Å². The first-order chi connectivity index (χ1) is 8.83. The summed E-state index contributed by atoms with van der Waals surface area (Å²) in [6.07, 6.45) is 2.37. The van der Waals surface area contributed by atoms with Gasteiger partial charge in [0.05, 0.1) is 4.88 Å². The Hall–Kier alpha value is -1.39. The maximum absolute atomic E-state index is 12.0. The van der Waals surface area contributed by atoms with Crippen molar-refractivity contribution in [2.24, 2.45) is 0 Å².